The summed E-state index contributed by atoms with van der Waals surface area (Å²) in [6.07, 6.45) is 2.17. The number of rotatable bonds is 2. The maximum atomic E-state index is 13.0. The van der Waals surface area contributed by atoms with Crippen molar-refractivity contribution in [2.24, 2.45) is 5.92 Å². The van der Waals surface area contributed by atoms with Crippen molar-refractivity contribution in [2.45, 2.75) is 50.7 Å². The number of fused-ring (bicyclic) bond motifs is 1. The van der Waals surface area contributed by atoms with Gasteiger partial charge >= 0.3 is 12.1 Å². The smallest absolute Gasteiger partial charge is 0.335 e. The fraction of sp³-hybridized carbons (Fsp3) is 0.526. The Hall–Kier alpha value is -2.38. The summed E-state index contributed by atoms with van der Waals surface area (Å²) in [4.78, 5) is 18.3. The Kier molecular flexibility index (Phi) is 4.65. The topological polar surface area (TPSA) is 59.2 Å². The average molecular weight is 379 g/mol. The zero-order valence-electron chi connectivity index (χ0n) is 14.7. The lowest BCUT2D eigenvalue weighted by Crippen LogP contribution is -2.49. The van der Waals surface area contributed by atoms with Crippen molar-refractivity contribution in [3.8, 4) is 11.4 Å². The zero-order valence-corrected chi connectivity index (χ0v) is 14.7. The molecule has 0 bridgehead atoms. The van der Waals surface area contributed by atoms with Crippen LogP contribution < -0.4 is 0 Å². The summed E-state index contributed by atoms with van der Waals surface area (Å²) in [5.41, 5.74) is 0.907. The molecule has 1 aromatic heterocycles. The SMILES string of the molecule is O=C(c1ccc(-c2noc(C(F)(F)F)n2)cc1)N1CCC[C@@H]2CCCC[C@H]21. The van der Waals surface area contributed by atoms with Gasteiger partial charge in [0.2, 0.25) is 5.82 Å². The lowest BCUT2D eigenvalue weighted by atomic mass is 9.78. The molecular formula is C19H20F3N3O2. The Morgan fingerprint density at radius 3 is 2.48 bits per heavy atom. The summed E-state index contributed by atoms with van der Waals surface area (Å²) in [5.74, 6) is -0.945. The molecule has 2 aromatic rings. The Bertz CT molecular complexity index is 814. The maximum Gasteiger partial charge on any atom is 0.471 e. The minimum absolute atomic E-state index is 0.0118. The van der Waals surface area contributed by atoms with Gasteiger partial charge in [0.1, 0.15) is 0 Å². The second-order valence-electron chi connectivity index (χ2n) is 7.25. The van der Waals surface area contributed by atoms with E-state index in [1.807, 2.05) is 4.90 Å². The van der Waals surface area contributed by atoms with Crippen molar-refractivity contribution in [2.75, 3.05) is 6.54 Å². The maximum absolute atomic E-state index is 13.0. The van der Waals surface area contributed by atoms with Crippen LogP contribution in [-0.4, -0.2) is 33.5 Å². The predicted molar refractivity (Wildman–Crippen MR) is 90.8 cm³/mol. The summed E-state index contributed by atoms with van der Waals surface area (Å²) in [6.45, 7) is 0.765. The van der Waals surface area contributed by atoms with Gasteiger partial charge in [-0.2, -0.15) is 18.2 Å². The van der Waals surface area contributed by atoms with Crippen LogP contribution in [-0.2, 0) is 6.18 Å². The molecule has 1 aliphatic heterocycles. The summed E-state index contributed by atoms with van der Waals surface area (Å²) in [7, 11) is 0. The number of benzene rings is 1. The molecule has 2 fully saturated rings. The molecule has 1 saturated carbocycles. The molecule has 1 aliphatic carbocycles. The van der Waals surface area contributed by atoms with Crippen molar-refractivity contribution in [3.63, 3.8) is 0 Å². The van der Waals surface area contributed by atoms with Crippen molar-refractivity contribution < 1.29 is 22.5 Å². The number of carbonyl (C=O) groups excluding carboxylic acids is 1. The van der Waals surface area contributed by atoms with Crippen molar-refractivity contribution in [3.05, 3.63) is 35.7 Å². The molecule has 0 N–H and O–H groups in total. The van der Waals surface area contributed by atoms with Gasteiger partial charge in [0, 0.05) is 23.7 Å². The summed E-state index contributed by atoms with van der Waals surface area (Å²) in [5, 5.41) is 3.37. The number of halogens is 3. The van der Waals surface area contributed by atoms with E-state index in [4.69, 9.17) is 0 Å². The molecular weight excluding hydrogens is 359 g/mol. The molecule has 2 atom stereocenters. The number of aromatic nitrogens is 2. The number of likely N-dealkylation sites (tertiary alicyclic amines) is 1. The van der Waals surface area contributed by atoms with E-state index in [-0.39, 0.29) is 11.7 Å². The van der Waals surface area contributed by atoms with E-state index in [2.05, 4.69) is 14.7 Å². The molecule has 27 heavy (non-hydrogen) atoms. The average Bonchev–Trinajstić information content (AvgIpc) is 3.18. The largest absolute Gasteiger partial charge is 0.471 e. The number of carbonyl (C=O) groups is 1. The van der Waals surface area contributed by atoms with Crippen molar-refractivity contribution in [1.82, 2.24) is 15.0 Å². The molecule has 0 radical (unpaired) electrons. The van der Waals surface area contributed by atoms with Crippen LogP contribution in [0.15, 0.2) is 28.8 Å². The van der Waals surface area contributed by atoms with E-state index >= 15 is 0 Å². The molecule has 1 saturated heterocycles. The van der Waals surface area contributed by atoms with E-state index in [0.717, 1.165) is 25.8 Å². The Morgan fingerprint density at radius 1 is 1.07 bits per heavy atom. The molecule has 0 unspecified atom stereocenters. The third kappa shape index (κ3) is 3.57. The molecule has 1 aromatic carbocycles. The van der Waals surface area contributed by atoms with Crippen LogP contribution in [0.2, 0.25) is 0 Å². The van der Waals surface area contributed by atoms with Gasteiger partial charge in [0.05, 0.1) is 0 Å². The van der Waals surface area contributed by atoms with Crippen LogP contribution in [0.4, 0.5) is 13.2 Å². The fourth-order valence-electron chi connectivity index (χ4n) is 4.26. The number of piperidine rings is 1. The van der Waals surface area contributed by atoms with Crippen LogP contribution in [0.25, 0.3) is 11.4 Å². The van der Waals surface area contributed by atoms with Crippen molar-refractivity contribution in [1.29, 1.82) is 0 Å². The molecule has 144 valence electrons. The summed E-state index contributed by atoms with van der Waals surface area (Å²) in [6, 6.07) is 6.66. The van der Waals surface area contributed by atoms with Gasteiger partial charge in [-0.15, -0.1) is 0 Å². The number of amides is 1. The highest BCUT2D eigenvalue weighted by atomic mass is 19.4. The van der Waals surface area contributed by atoms with Gasteiger partial charge < -0.3 is 9.42 Å². The van der Waals surface area contributed by atoms with Gasteiger partial charge in [0.25, 0.3) is 5.91 Å². The van der Waals surface area contributed by atoms with E-state index in [1.54, 1.807) is 24.3 Å². The highest BCUT2D eigenvalue weighted by Crippen LogP contribution is 2.36. The molecule has 1 amide bonds. The molecule has 4 rings (SSSR count). The predicted octanol–water partition coefficient (Wildman–Crippen LogP) is 4.55. The van der Waals surface area contributed by atoms with Gasteiger partial charge in [-0.3, -0.25) is 4.79 Å². The van der Waals surface area contributed by atoms with Gasteiger partial charge in [0.15, 0.2) is 0 Å². The first-order chi connectivity index (χ1) is 12.9. The minimum atomic E-state index is -4.67. The monoisotopic (exact) mass is 379 g/mol. The van der Waals surface area contributed by atoms with Crippen LogP contribution >= 0.6 is 0 Å². The van der Waals surface area contributed by atoms with Crippen LogP contribution in [0.5, 0.6) is 0 Å². The van der Waals surface area contributed by atoms with Crippen LogP contribution in [0.1, 0.15) is 54.8 Å². The summed E-state index contributed by atoms with van der Waals surface area (Å²) < 4.78 is 42.0. The lowest BCUT2D eigenvalue weighted by molar-refractivity contribution is -0.159. The Labute approximate surface area is 154 Å². The molecule has 5 nitrogen and oxygen atoms in total. The first-order valence-electron chi connectivity index (χ1n) is 9.26. The second-order valence-corrected chi connectivity index (χ2v) is 7.25. The standard InChI is InChI=1S/C19H20F3N3O2/c20-19(21,22)18-23-16(24-27-18)13-7-9-14(10-8-13)17(26)25-11-3-5-12-4-1-2-6-15(12)25/h7-10,12,15H,1-6,11H2/t12-,15+/m0/s1. The zero-order chi connectivity index (χ0) is 19.0. The van der Waals surface area contributed by atoms with Gasteiger partial charge in [-0.05, 0) is 43.7 Å². The summed E-state index contributed by atoms with van der Waals surface area (Å²) >= 11 is 0. The molecule has 8 heteroatoms. The number of alkyl halides is 3. The highest BCUT2D eigenvalue weighted by molar-refractivity contribution is 5.95. The van der Waals surface area contributed by atoms with Gasteiger partial charge in [-0.25, -0.2) is 0 Å². The van der Waals surface area contributed by atoms with E-state index in [0.29, 0.717) is 23.1 Å². The quantitative estimate of drug-likeness (QED) is 0.768. The number of hydrogen-bond acceptors (Lipinski definition) is 4. The second kappa shape index (κ2) is 6.98. The number of nitrogens with zero attached hydrogens (tertiary/aromatic N) is 3. The normalized spacial score (nSPS) is 23.1. The molecule has 2 aliphatic rings. The molecule has 2 heterocycles. The van der Waals surface area contributed by atoms with Crippen LogP contribution in [0, 0.1) is 5.92 Å². The van der Waals surface area contributed by atoms with Crippen molar-refractivity contribution >= 4 is 5.91 Å². The van der Waals surface area contributed by atoms with E-state index in [1.165, 1.54) is 19.3 Å². The van der Waals surface area contributed by atoms with Crippen LogP contribution in [0.3, 0.4) is 0 Å². The fourth-order valence-corrected chi connectivity index (χ4v) is 4.26. The number of hydrogen-bond donors (Lipinski definition) is 0. The van der Waals surface area contributed by atoms with Gasteiger partial charge in [-0.1, -0.05) is 30.1 Å². The minimum Gasteiger partial charge on any atom is -0.335 e. The molecule has 0 spiro atoms. The highest BCUT2D eigenvalue weighted by Gasteiger charge is 2.39. The Morgan fingerprint density at radius 2 is 1.78 bits per heavy atom. The van der Waals surface area contributed by atoms with E-state index < -0.39 is 12.1 Å². The first kappa shape index (κ1) is 18.0. The Balaban J connectivity index is 1.51. The lowest BCUT2D eigenvalue weighted by Gasteiger charge is -2.44. The first-order valence-corrected chi connectivity index (χ1v) is 9.26. The third-order valence-electron chi connectivity index (χ3n) is 5.56. The van der Waals surface area contributed by atoms with E-state index in [9.17, 15) is 18.0 Å². The third-order valence-corrected chi connectivity index (χ3v) is 5.56.